The zero-order valence-electron chi connectivity index (χ0n) is 9.45. The van der Waals surface area contributed by atoms with Gasteiger partial charge in [-0.3, -0.25) is 9.69 Å². The Kier molecular flexibility index (Phi) is 3.99. The SMILES string of the molecule is O=C(O)Cc1nnnn1CCN1CCOCC1. The van der Waals surface area contributed by atoms with Crippen molar-refractivity contribution in [2.45, 2.75) is 13.0 Å². The van der Waals surface area contributed by atoms with Crippen molar-refractivity contribution in [3.8, 4) is 0 Å². The number of hydrogen-bond donors (Lipinski definition) is 1. The number of tetrazole rings is 1. The lowest BCUT2D eigenvalue weighted by molar-refractivity contribution is -0.136. The van der Waals surface area contributed by atoms with Crippen molar-refractivity contribution in [3.63, 3.8) is 0 Å². The van der Waals surface area contributed by atoms with Crippen LogP contribution in [0.15, 0.2) is 0 Å². The van der Waals surface area contributed by atoms with E-state index in [2.05, 4.69) is 20.4 Å². The van der Waals surface area contributed by atoms with Crippen molar-refractivity contribution >= 4 is 5.97 Å². The fraction of sp³-hybridized carbons (Fsp3) is 0.778. The van der Waals surface area contributed by atoms with E-state index >= 15 is 0 Å². The summed E-state index contributed by atoms with van der Waals surface area (Å²) in [5, 5.41) is 19.7. The Hall–Kier alpha value is -1.54. The summed E-state index contributed by atoms with van der Waals surface area (Å²) in [4.78, 5) is 12.8. The minimum absolute atomic E-state index is 0.143. The molecule has 1 aromatic rings. The number of carboxylic acid groups (broad SMARTS) is 1. The summed E-state index contributed by atoms with van der Waals surface area (Å²) in [5.41, 5.74) is 0. The molecule has 94 valence electrons. The Balaban J connectivity index is 1.85. The standard InChI is InChI=1S/C9H15N5O3/c15-9(16)7-8-10-11-12-14(8)2-1-13-3-5-17-6-4-13/h1-7H2,(H,15,16). The predicted octanol–water partition coefficient (Wildman–Crippen LogP) is -1.37. The Morgan fingerprint density at radius 1 is 1.35 bits per heavy atom. The van der Waals surface area contributed by atoms with Crippen LogP contribution in [0.2, 0.25) is 0 Å². The molecule has 0 spiro atoms. The first kappa shape index (κ1) is 11.9. The lowest BCUT2D eigenvalue weighted by Crippen LogP contribution is -2.38. The van der Waals surface area contributed by atoms with Gasteiger partial charge in [-0.15, -0.1) is 5.10 Å². The van der Waals surface area contributed by atoms with Gasteiger partial charge in [0.05, 0.1) is 19.8 Å². The minimum Gasteiger partial charge on any atom is -0.481 e. The van der Waals surface area contributed by atoms with E-state index in [9.17, 15) is 4.79 Å². The van der Waals surface area contributed by atoms with Crippen LogP contribution in [0.3, 0.4) is 0 Å². The number of nitrogens with zero attached hydrogens (tertiary/aromatic N) is 5. The Bertz CT molecular complexity index is 374. The Morgan fingerprint density at radius 2 is 2.12 bits per heavy atom. The predicted molar refractivity (Wildman–Crippen MR) is 56.4 cm³/mol. The van der Waals surface area contributed by atoms with Crippen LogP contribution in [-0.2, 0) is 22.5 Å². The van der Waals surface area contributed by atoms with Gasteiger partial charge in [0.1, 0.15) is 6.42 Å². The normalized spacial score (nSPS) is 17.2. The number of hydrogen-bond acceptors (Lipinski definition) is 6. The Morgan fingerprint density at radius 3 is 2.82 bits per heavy atom. The highest BCUT2D eigenvalue weighted by Gasteiger charge is 2.13. The lowest BCUT2D eigenvalue weighted by Gasteiger charge is -2.26. The van der Waals surface area contributed by atoms with Crippen LogP contribution in [0.25, 0.3) is 0 Å². The van der Waals surface area contributed by atoms with Crippen molar-refractivity contribution in [3.05, 3.63) is 5.82 Å². The van der Waals surface area contributed by atoms with E-state index < -0.39 is 5.97 Å². The van der Waals surface area contributed by atoms with Gasteiger partial charge in [0.2, 0.25) is 0 Å². The number of rotatable bonds is 5. The van der Waals surface area contributed by atoms with Gasteiger partial charge in [-0.25, -0.2) is 4.68 Å². The highest BCUT2D eigenvalue weighted by atomic mass is 16.5. The van der Waals surface area contributed by atoms with E-state index in [4.69, 9.17) is 9.84 Å². The fourth-order valence-corrected chi connectivity index (χ4v) is 1.72. The van der Waals surface area contributed by atoms with E-state index in [0.717, 1.165) is 32.8 Å². The number of aliphatic carboxylic acids is 1. The highest BCUT2D eigenvalue weighted by molar-refractivity contribution is 5.68. The summed E-state index contributed by atoms with van der Waals surface area (Å²) < 4.78 is 6.79. The number of carboxylic acids is 1. The number of ether oxygens (including phenoxy) is 1. The molecule has 8 nitrogen and oxygen atoms in total. The van der Waals surface area contributed by atoms with Gasteiger partial charge < -0.3 is 9.84 Å². The fourth-order valence-electron chi connectivity index (χ4n) is 1.72. The first-order valence-corrected chi connectivity index (χ1v) is 5.52. The third-order valence-corrected chi connectivity index (χ3v) is 2.65. The number of aromatic nitrogens is 4. The third-order valence-electron chi connectivity index (χ3n) is 2.65. The molecule has 1 saturated heterocycles. The van der Waals surface area contributed by atoms with Gasteiger partial charge >= 0.3 is 5.97 Å². The minimum atomic E-state index is -0.924. The van der Waals surface area contributed by atoms with Crippen LogP contribution in [0.5, 0.6) is 0 Å². The monoisotopic (exact) mass is 241 g/mol. The maximum Gasteiger partial charge on any atom is 0.311 e. The van der Waals surface area contributed by atoms with Gasteiger partial charge in [0.15, 0.2) is 5.82 Å². The van der Waals surface area contributed by atoms with E-state index in [1.165, 1.54) is 0 Å². The molecule has 1 fully saturated rings. The maximum absolute atomic E-state index is 10.6. The van der Waals surface area contributed by atoms with E-state index in [-0.39, 0.29) is 6.42 Å². The average Bonchev–Trinajstić information content (AvgIpc) is 2.74. The molecule has 2 rings (SSSR count). The number of carbonyl (C=O) groups is 1. The molecular weight excluding hydrogens is 226 g/mol. The molecule has 0 aromatic carbocycles. The molecule has 2 heterocycles. The van der Waals surface area contributed by atoms with Crippen LogP contribution >= 0.6 is 0 Å². The summed E-state index contributed by atoms with van der Waals surface area (Å²) in [7, 11) is 0. The van der Waals surface area contributed by atoms with Gasteiger partial charge in [-0.05, 0) is 10.4 Å². The zero-order chi connectivity index (χ0) is 12.1. The van der Waals surface area contributed by atoms with Crippen molar-refractivity contribution < 1.29 is 14.6 Å². The molecule has 1 aliphatic rings. The van der Waals surface area contributed by atoms with Crippen molar-refractivity contribution in [1.29, 1.82) is 0 Å². The van der Waals surface area contributed by atoms with Crippen LogP contribution in [-0.4, -0.2) is 69.0 Å². The largest absolute Gasteiger partial charge is 0.481 e. The molecule has 0 amide bonds. The van der Waals surface area contributed by atoms with E-state index in [1.807, 2.05) is 0 Å². The molecule has 0 aliphatic carbocycles. The second kappa shape index (κ2) is 5.69. The van der Waals surface area contributed by atoms with Gasteiger partial charge in [-0.2, -0.15) is 0 Å². The average molecular weight is 241 g/mol. The van der Waals surface area contributed by atoms with Gasteiger partial charge in [0, 0.05) is 19.6 Å². The molecule has 1 aromatic heterocycles. The van der Waals surface area contributed by atoms with Gasteiger partial charge in [-0.1, -0.05) is 0 Å². The molecular formula is C9H15N5O3. The number of morpholine rings is 1. The summed E-state index contributed by atoms with van der Waals surface area (Å²) in [5.74, 6) is -0.529. The molecule has 17 heavy (non-hydrogen) atoms. The summed E-state index contributed by atoms with van der Waals surface area (Å²) in [6, 6.07) is 0. The Labute approximate surface area is 98.2 Å². The topological polar surface area (TPSA) is 93.4 Å². The smallest absolute Gasteiger partial charge is 0.311 e. The molecule has 1 N–H and O–H groups in total. The van der Waals surface area contributed by atoms with Crippen molar-refractivity contribution in [2.75, 3.05) is 32.8 Å². The molecule has 8 heteroatoms. The molecule has 0 unspecified atom stereocenters. The summed E-state index contributed by atoms with van der Waals surface area (Å²) in [6.07, 6.45) is -0.143. The molecule has 0 saturated carbocycles. The maximum atomic E-state index is 10.6. The molecule has 0 bridgehead atoms. The quantitative estimate of drug-likeness (QED) is 0.680. The van der Waals surface area contributed by atoms with E-state index in [1.54, 1.807) is 4.68 Å². The third kappa shape index (κ3) is 3.46. The molecule has 0 atom stereocenters. The zero-order valence-corrected chi connectivity index (χ0v) is 9.45. The van der Waals surface area contributed by atoms with Gasteiger partial charge in [0.25, 0.3) is 0 Å². The highest BCUT2D eigenvalue weighted by Crippen LogP contribution is 1.99. The second-order valence-corrected chi connectivity index (χ2v) is 3.84. The first-order chi connectivity index (χ1) is 8.25. The first-order valence-electron chi connectivity index (χ1n) is 5.52. The second-order valence-electron chi connectivity index (χ2n) is 3.84. The van der Waals surface area contributed by atoms with Crippen molar-refractivity contribution in [2.24, 2.45) is 0 Å². The summed E-state index contributed by atoms with van der Waals surface area (Å²) >= 11 is 0. The molecule has 1 aliphatic heterocycles. The lowest BCUT2D eigenvalue weighted by atomic mass is 10.4. The van der Waals surface area contributed by atoms with E-state index in [0.29, 0.717) is 12.4 Å². The van der Waals surface area contributed by atoms with Crippen LogP contribution in [0.4, 0.5) is 0 Å². The molecule has 0 radical (unpaired) electrons. The van der Waals surface area contributed by atoms with Crippen molar-refractivity contribution in [1.82, 2.24) is 25.1 Å². The van der Waals surface area contributed by atoms with Crippen LogP contribution in [0, 0.1) is 0 Å². The van der Waals surface area contributed by atoms with Crippen LogP contribution in [0.1, 0.15) is 5.82 Å². The van der Waals surface area contributed by atoms with Crippen LogP contribution < -0.4 is 0 Å². The summed E-state index contributed by atoms with van der Waals surface area (Å²) in [6.45, 7) is 4.71.